The van der Waals surface area contributed by atoms with Crippen molar-refractivity contribution in [1.29, 1.82) is 0 Å². The van der Waals surface area contributed by atoms with Gasteiger partial charge in [0.25, 0.3) is 0 Å². The highest BCUT2D eigenvalue weighted by molar-refractivity contribution is 7.52. The minimum absolute atomic E-state index is 0.193. The predicted octanol–water partition coefficient (Wildman–Crippen LogP) is 2.28. The van der Waals surface area contributed by atoms with E-state index in [0.717, 1.165) is 5.69 Å². The molecule has 0 aliphatic carbocycles. The molecule has 1 amide bonds. The molecule has 0 unspecified atom stereocenters. The van der Waals surface area contributed by atoms with E-state index in [9.17, 15) is 9.36 Å². The molecule has 2 aromatic carbocycles. The third-order valence-electron chi connectivity index (χ3n) is 4.27. The van der Waals surface area contributed by atoms with E-state index in [2.05, 4.69) is 15.3 Å². The zero-order valence-corrected chi connectivity index (χ0v) is 15.5. The molecule has 0 fully saturated rings. The topological polar surface area (TPSA) is 125 Å². The number of nitrogens with one attached hydrogen (secondary N) is 1. The van der Waals surface area contributed by atoms with Gasteiger partial charge in [-0.1, -0.05) is 18.2 Å². The first-order chi connectivity index (χ1) is 13.4. The van der Waals surface area contributed by atoms with Crippen molar-refractivity contribution in [1.82, 2.24) is 9.97 Å². The van der Waals surface area contributed by atoms with E-state index < -0.39 is 19.7 Å². The van der Waals surface area contributed by atoms with Gasteiger partial charge in [-0.15, -0.1) is 0 Å². The van der Waals surface area contributed by atoms with Gasteiger partial charge in [0.2, 0.25) is 5.91 Å². The Labute approximate surface area is 160 Å². The number of aromatic nitrogens is 2. The van der Waals surface area contributed by atoms with Crippen molar-refractivity contribution in [2.75, 3.05) is 29.5 Å². The first kappa shape index (κ1) is 18.4. The molecule has 0 atom stereocenters. The van der Waals surface area contributed by atoms with Crippen LogP contribution >= 0.6 is 7.60 Å². The predicted molar refractivity (Wildman–Crippen MR) is 104 cm³/mol. The maximum absolute atomic E-state index is 12.4. The average molecular weight is 400 g/mol. The summed E-state index contributed by atoms with van der Waals surface area (Å²) < 4.78 is 17.1. The van der Waals surface area contributed by atoms with E-state index in [0.29, 0.717) is 28.2 Å². The second-order valence-electron chi connectivity index (χ2n) is 6.24. The van der Waals surface area contributed by atoms with Crippen LogP contribution in [0.3, 0.4) is 0 Å². The Hall–Kier alpha value is -3.00. The summed E-state index contributed by atoms with van der Waals surface area (Å²) in [5.41, 5.74) is 1.88. The minimum atomic E-state index is -4.47. The molecule has 4 rings (SSSR count). The van der Waals surface area contributed by atoms with Gasteiger partial charge in [-0.05, 0) is 24.3 Å². The molecule has 1 aromatic heterocycles. The average Bonchev–Trinajstić information content (AvgIpc) is 2.67. The summed E-state index contributed by atoms with van der Waals surface area (Å²) in [5.74, 6) is 0.255. The van der Waals surface area contributed by atoms with Crippen LogP contribution in [-0.4, -0.2) is 45.0 Å². The minimum Gasteiger partial charge on any atom is -0.489 e. The number of hydrogen-bond donors (Lipinski definition) is 3. The summed E-state index contributed by atoms with van der Waals surface area (Å²) in [5, 5.41) is 3.82. The maximum atomic E-state index is 12.4. The fourth-order valence-electron chi connectivity index (χ4n) is 3.10. The van der Waals surface area contributed by atoms with Crippen LogP contribution < -0.4 is 15.0 Å². The number of benzene rings is 2. The van der Waals surface area contributed by atoms with Crippen LogP contribution in [0.15, 0.2) is 48.8 Å². The largest absolute Gasteiger partial charge is 0.489 e. The number of nitrogens with zero attached hydrogens (tertiary/aromatic N) is 3. The first-order valence-electron chi connectivity index (χ1n) is 8.50. The van der Waals surface area contributed by atoms with Gasteiger partial charge >= 0.3 is 7.60 Å². The van der Waals surface area contributed by atoms with E-state index in [1.54, 1.807) is 12.1 Å². The number of anilines is 3. The van der Waals surface area contributed by atoms with Crippen LogP contribution in [0.2, 0.25) is 0 Å². The summed E-state index contributed by atoms with van der Waals surface area (Å²) >= 11 is 0. The third kappa shape index (κ3) is 3.68. The lowest BCUT2D eigenvalue weighted by molar-refractivity contribution is -0.116. The number of para-hydroxylation sites is 1. The number of fused-ring (bicyclic) bond motifs is 3. The van der Waals surface area contributed by atoms with Crippen LogP contribution in [0.25, 0.3) is 10.9 Å². The van der Waals surface area contributed by atoms with Crippen molar-refractivity contribution >= 4 is 41.6 Å². The van der Waals surface area contributed by atoms with Crippen LogP contribution in [0.4, 0.5) is 17.2 Å². The number of ether oxygens (including phenoxy) is 1. The fourth-order valence-corrected chi connectivity index (χ4v) is 3.63. The smallest absolute Gasteiger partial charge is 0.334 e. The van der Waals surface area contributed by atoms with Gasteiger partial charge in [-0.25, -0.2) is 9.97 Å². The molecule has 0 radical (unpaired) electrons. The number of hydrogen-bond acceptors (Lipinski definition) is 6. The molecule has 1 aliphatic heterocycles. The molecule has 28 heavy (non-hydrogen) atoms. The highest BCUT2D eigenvalue weighted by Crippen LogP contribution is 2.42. The lowest BCUT2D eigenvalue weighted by atomic mass is 10.1. The normalized spacial score (nSPS) is 13.7. The number of carbonyl (C=O) groups excluding carboxylic acids is 1. The van der Waals surface area contributed by atoms with Crippen molar-refractivity contribution in [3.63, 3.8) is 0 Å². The summed E-state index contributed by atoms with van der Waals surface area (Å²) in [6, 6.07) is 12.8. The van der Waals surface area contributed by atoms with Gasteiger partial charge in [0.15, 0.2) is 5.75 Å². The van der Waals surface area contributed by atoms with E-state index in [4.69, 9.17) is 14.5 Å². The van der Waals surface area contributed by atoms with E-state index in [1.165, 1.54) is 11.2 Å². The maximum Gasteiger partial charge on any atom is 0.334 e. The summed E-state index contributed by atoms with van der Waals surface area (Å²) in [6.07, 6.45) is 0.574. The van der Waals surface area contributed by atoms with Gasteiger partial charge in [0, 0.05) is 5.69 Å². The second-order valence-corrected chi connectivity index (χ2v) is 7.88. The van der Waals surface area contributed by atoms with Gasteiger partial charge in [-0.2, -0.15) is 0 Å². The van der Waals surface area contributed by atoms with Crippen molar-refractivity contribution in [3.05, 3.63) is 48.8 Å². The molecule has 3 aromatic rings. The van der Waals surface area contributed by atoms with Crippen LogP contribution in [-0.2, 0) is 9.36 Å². The third-order valence-corrected chi connectivity index (χ3v) is 4.95. The molecular weight excluding hydrogens is 383 g/mol. The molecular formula is C18H17N4O5P. The Morgan fingerprint density at radius 3 is 2.71 bits per heavy atom. The number of amides is 1. The molecule has 3 N–H and O–H groups in total. The fraction of sp³-hybridized carbons (Fsp3) is 0.167. The molecule has 144 valence electrons. The van der Waals surface area contributed by atoms with Crippen molar-refractivity contribution in [3.8, 4) is 5.75 Å². The van der Waals surface area contributed by atoms with E-state index in [-0.39, 0.29) is 13.2 Å². The highest BCUT2D eigenvalue weighted by atomic mass is 31.2. The highest BCUT2D eigenvalue weighted by Gasteiger charge is 2.30. The Balaban J connectivity index is 1.80. The second kappa shape index (κ2) is 7.20. The van der Waals surface area contributed by atoms with Gasteiger partial charge in [-0.3, -0.25) is 9.36 Å². The molecule has 1 aliphatic rings. The zero-order valence-electron chi connectivity index (χ0n) is 14.6. The lowest BCUT2D eigenvalue weighted by Gasteiger charge is -2.30. The van der Waals surface area contributed by atoms with Crippen LogP contribution in [0.1, 0.15) is 0 Å². The molecule has 0 saturated heterocycles. The van der Waals surface area contributed by atoms with E-state index in [1.807, 2.05) is 30.3 Å². The number of carbonyl (C=O) groups is 1. The van der Waals surface area contributed by atoms with E-state index >= 15 is 0 Å². The van der Waals surface area contributed by atoms with Gasteiger partial charge in [0.05, 0.1) is 23.1 Å². The quantitative estimate of drug-likeness (QED) is 0.570. The Morgan fingerprint density at radius 2 is 1.96 bits per heavy atom. The summed E-state index contributed by atoms with van der Waals surface area (Å²) in [6.45, 7) is 0.394. The molecule has 0 bridgehead atoms. The molecule has 2 heterocycles. The Kier molecular flexibility index (Phi) is 4.72. The van der Waals surface area contributed by atoms with Crippen molar-refractivity contribution in [2.45, 2.75) is 0 Å². The first-order valence-corrected chi connectivity index (χ1v) is 10.3. The molecule has 0 spiro atoms. The Bertz CT molecular complexity index is 1090. The SMILES string of the molecule is O=C(CP(=O)(O)O)N1CCOc2c1ccc1ncnc(Nc3ccccc3)c21. The zero-order chi connectivity index (χ0) is 19.7. The lowest BCUT2D eigenvalue weighted by Crippen LogP contribution is -2.39. The summed E-state index contributed by atoms with van der Waals surface area (Å²) in [7, 11) is -4.47. The van der Waals surface area contributed by atoms with Crippen molar-refractivity contribution in [2.24, 2.45) is 0 Å². The monoisotopic (exact) mass is 400 g/mol. The molecule has 9 nitrogen and oxygen atoms in total. The Morgan fingerprint density at radius 1 is 1.18 bits per heavy atom. The van der Waals surface area contributed by atoms with Crippen LogP contribution in [0.5, 0.6) is 5.75 Å². The summed E-state index contributed by atoms with van der Waals surface area (Å²) in [4.78, 5) is 40.6. The number of rotatable bonds is 4. The van der Waals surface area contributed by atoms with Crippen LogP contribution in [0, 0.1) is 0 Å². The van der Waals surface area contributed by atoms with Gasteiger partial charge in [0.1, 0.15) is 24.9 Å². The van der Waals surface area contributed by atoms with Gasteiger partial charge < -0.3 is 24.7 Å². The molecule has 10 heteroatoms. The standard InChI is InChI=1S/C18H17N4O5P/c23-15(10-28(24,25)26)22-8-9-27-17-14(22)7-6-13-16(17)18(20-11-19-13)21-12-4-2-1-3-5-12/h1-7,11H,8-10H2,(H,19,20,21)(H2,24,25,26). The van der Waals surface area contributed by atoms with Crippen molar-refractivity contribution < 1.29 is 23.9 Å². The molecule has 0 saturated carbocycles.